The number of carbonyl (C=O) groups excluding carboxylic acids is 1. The van der Waals surface area contributed by atoms with Gasteiger partial charge in [0.25, 0.3) is 0 Å². The molecular weight excluding hydrogens is 394 g/mol. The van der Waals surface area contributed by atoms with Crippen molar-refractivity contribution in [2.45, 2.75) is 12.5 Å². The van der Waals surface area contributed by atoms with Crippen molar-refractivity contribution in [1.29, 1.82) is 5.41 Å². The second-order valence-electron chi connectivity index (χ2n) is 7.30. The van der Waals surface area contributed by atoms with Crippen LogP contribution in [0.2, 0.25) is 0 Å². The van der Waals surface area contributed by atoms with Crippen molar-refractivity contribution in [1.82, 2.24) is 5.32 Å². The molecule has 31 heavy (non-hydrogen) atoms. The van der Waals surface area contributed by atoms with Gasteiger partial charge in [-0.25, -0.2) is 0 Å². The predicted molar refractivity (Wildman–Crippen MR) is 122 cm³/mol. The Balaban J connectivity index is 1.92. The summed E-state index contributed by atoms with van der Waals surface area (Å²) in [5, 5.41) is 15.0. The minimum absolute atomic E-state index is 0.0448. The first kappa shape index (κ1) is 22.4. The Morgan fingerprint density at radius 2 is 1.84 bits per heavy atom. The van der Waals surface area contributed by atoms with Crippen LogP contribution >= 0.6 is 0 Å². The Bertz CT molecular complexity index is 915. The second kappa shape index (κ2) is 10.6. The molecule has 0 saturated carbocycles. The highest BCUT2D eigenvalue weighted by Crippen LogP contribution is 2.29. The van der Waals surface area contributed by atoms with Gasteiger partial charge in [0, 0.05) is 55.2 Å². The topological polar surface area (TPSA) is 92.7 Å². The summed E-state index contributed by atoms with van der Waals surface area (Å²) in [5.41, 5.74) is 1.98. The molecule has 0 bridgehead atoms. The third-order valence-electron chi connectivity index (χ3n) is 5.28. The Morgan fingerprint density at radius 1 is 1.16 bits per heavy atom. The van der Waals surface area contributed by atoms with Crippen LogP contribution in [0.1, 0.15) is 12.0 Å². The van der Waals surface area contributed by atoms with Crippen molar-refractivity contribution in [3.05, 3.63) is 60.3 Å². The molecule has 7 nitrogen and oxygen atoms in total. The number of hydrogen-bond acceptors (Lipinski definition) is 7. The summed E-state index contributed by atoms with van der Waals surface area (Å²) in [7, 11) is 4.91. The van der Waals surface area contributed by atoms with E-state index in [2.05, 4.69) is 10.6 Å². The lowest BCUT2D eigenvalue weighted by Crippen LogP contribution is -2.41. The summed E-state index contributed by atoms with van der Waals surface area (Å²) in [6.07, 6.45) is 2.43. The first-order chi connectivity index (χ1) is 15.1. The van der Waals surface area contributed by atoms with Gasteiger partial charge in [-0.3, -0.25) is 10.2 Å². The van der Waals surface area contributed by atoms with Crippen molar-refractivity contribution in [3.8, 4) is 11.5 Å². The summed E-state index contributed by atoms with van der Waals surface area (Å²) in [5.74, 6) is 0.899. The highest BCUT2D eigenvalue weighted by Gasteiger charge is 2.34. The minimum atomic E-state index is -0.615. The molecule has 2 aromatic rings. The van der Waals surface area contributed by atoms with Crippen LogP contribution in [0.15, 0.2) is 54.7 Å². The fraction of sp³-hybridized carbons (Fsp3) is 0.333. The largest absolute Gasteiger partial charge is 0.497 e. The van der Waals surface area contributed by atoms with Gasteiger partial charge in [-0.2, -0.15) is 0 Å². The fourth-order valence-corrected chi connectivity index (χ4v) is 3.63. The van der Waals surface area contributed by atoms with Gasteiger partial charge in [-0.1, -0.05) is 30.3 Å². The van der Waals surface area contributed by atoms with Crippen LogP contribution in [-0.4, -0.2) is 52.0 Å². The molecule has 0 amide bonds. The molecule has 2 aromatic carbocycles. The molecule has 7 heteroatoms. The Kier molecular flexibility index (Phi) is 7.67. The average molecular weight is 424 g/mol. The molecule has 0 aliphatic carbocycles. The molecule has 2 unspecified atom stereocenters. The Labute approximate surface area is 182 Å². The number of carbonyl (C=O) groups is 1. The van der Waals surface area contributed by atoms with Crippen LogP contribution < -0.4 is 20.1 Å². The number of Topliss-reactive ketones (excluding diaryl/α,β-unsaturated/α-hetero) is 1. The molecule has 0 spiro atoms. The van der Waals surface area contributed by atoms with E-state index < -0.39 is 6.04 Å². The molecule has 1 fully saturated rings. The number of methoxy groups -OCH3 is 2. The van der Waals surface area contributed by atoms with Gasteiger partial charge < -0.3 is 24.8 Å². The van der Waals surface area contributed by atoms with Gasteiger partial charge in [-0.15, -0.1) is 0 Å². The molecule has 2 atom stereocenters. The van der Waals surface area contributed by atoms with E-state index in [1.807, 2.05) is 42.5 Å². The maximum Gasteiger partial charge on any atom is 0.203 e. The number of ketones is 1. The third kappa shape index (κ3) is 5.44. The molecule has 0 radical (unpaired) electrons. The molecule has 1 aliphatic heterocycles. The Hall–Kier alpha value is -3.32. The first-order valence-electron chi connectivity index (χ1n) is 10.2. The third-order valence-corrected chi connectivity index (χ3v) is 5.28. The average Bonchev–Trinajstić information content (AvgIpc) is 3.35. The number of allylic oxidation sites excluding steroid dienone is 1. The van der Waals surface area contributed by atoms with Gasteiger partial charge >= 0.3 is 0 Å². The maximum atomic E-state index is 13.6. The molecule has 1 aliphatic rings. The van der Waals surface area contributed by atoms with Gasteiger partial charge in [0.15, 0.2) is 0 Å². The van der Waals surface area contributed by atoms with Crippen molar-refractivity contribution >= 4 is 22.8 Å². The zero-order valence-corrected chi connectivity index (χ0v) is 18.1. The van der Waals surface area contributed by atoms with E-state index in [1.54, 1.807) is 33.5 Å². The number of nitrogens with one attached hydrogen (secondary N) is 3. The number of anilines is 1. The van der Waals surface area contributed by atoms with Crippen molar-refractivity contribution in [2.24, 2.45) is 5.92 Å². The van der Waals surface area contributed by atoms with Crippen LogP contribution in [0.4, 0.5) is 5.69 Å². The summed E-state index contributed by atoms with van der Waals surface area (Å²) in [6, 6.07) is 14.2. The SMILES string of the molecule is CN/C=C(\C(=N)C(=O)C(Nc1cc(OC)cc(OC)c1)C1CCOC1)c1ccccc1. The van der Waals surface area contributed by atoms with Crippen LogP contribution in [-0.2, 0) is 9.53 Å². The molecule has 164 valence electrons. The van der Waals surface area contributed by atoms with Crippen molar-refractivity contribution < 1.29 is 19.0 Å². The smallest absolute Gasteiger partial charge is 0.203 e. The number of hydrogen-bond donors (Lipinski definition) is 3. The van der Waals surface area contributed by atoms with E-state index >= 15 is 0 Å². The molecule has 1 heterocycles. The zero-order valence-electron chi connectivity index (χ0n) is 18.1. The van der Waals surface area contributed by atoms with Crippen LogP contribution in [0.5, 0.6) is 11.5 Å². The Morgan fingerprint density at radius 3 is 2.39 bits per heavy atom. The molecule has 3 rings (SSSR count). The maximum absolute atomic E-state index is 13.6. The van der Waals surface area contributed by atoms with Gasteiger partial charge in [0.05, 0.1) is 26.9 Å². The lowest BCUT2D eigenvalue weighted by molar-refractivity contribution is -0.114. The van der Waals surface area contributed by atoms with E-state index in [1.165, 1.54) is 0 Å². The van der Waals surface area contributed by atoms with Crippen LogP contribution in [0, 0.1) is 11.3 Å². The monoisotopic (exact) mass is 423 g/mol. The summed E-state index contributed by atoms with van der Waals surface area (Å²) < 4.78 is 16.3. The summed E-state index contributed by atoms with van der Waals surface area (Å²) in [6.45, 7) is 1.07. The van der Waals surface area contributed by atoms with E-state index in [-0.39, 0.29) is 17.4 Å². The minimum Gasteiger partial charge on any atom is -0.497 e. The van der Waals surface area contributed by atoms with E-state index in [9.17, 15) is 4.79 Å². The predicted octanol–water partition coefficient (Wildman–Crippen LogP) is 3.37. The lowest BCUT2D eigenvalue weighted by Gasteiger charge is -2.25. The van der Waals surface area contributed by atoms with Gasteiger partial charge in [0.1, 0.15) is 17.2 Å². The lowest BCUT2D eigenvalue weighted by atomic mass is 9.88. The van der Waals surface area contributed by atoms with Crippen LogP contribution in [0.25, 0.3) is 5.57 Å². The number of rotatable bonds is 10. The van der Waals surface area contributed by atoms with Crippen molar-refractivity contribution in [3.63, 3.8) is 0 Å². The van der Waals surface area contributed by atoms with E-state index in [4.69, 9.17) is 19.6 Å². The molecule has 0 aromatic heterocycles. The van der Waals surface area contributed by atoms with Crippen molar-refractivity contribution in [2.75, 3.05) is 39.8 Å². The standard InChI is InChI=1S/C24H29N3O4/c1-26-14-21(16-7-5-4-6-8-16)22(25)24(28)23(17-9-10-31-15-17)27-18-11-19(29-2)13-20(12-18)30-3/h4-8,11-14,17,23,25-27H,9-10,15H2,1-3H3/b21-14-,25-22?. The summed E-state index contributed by atoms with van der Waals surface area (Å²) >= 11 is 0. The van der Waals surface area contributed by atoms with E-state index in [0.717, 1.165) is 12.0 Å². The first-order valence-corrected chi connectivity index (χ1v) is 10.2. The van der Waals surface area contributed by atoms with Gasteiger partial charge in [0.2, 0.25) is 5.78 Å². The summed E-state index contributed by atoms with van der Waals surface area (Å²) in [4.78, 5) is 13.6. The second-order valence-corrected chi connectivity index (χ2v) is 7.30. The van der Waals surface area contributed by atoms with E-state index in [0.29, 0.717) is 36.0 Å². The highest BCUT2D eigenvalue weighted by atomic mass is 16.5. The number of ether oxygens (including phenoxy) is 3. The quantitative estimate of drug-likeness (QED) is 0.508. The zero-order chi connectivity index (χ0) is 22.2. The van der Waals surface area contributed by atoms with Gasteiger partial charge in [-0.05, 0) is 12.0 Å². The molecule has 3 N–H and O–H groups in total. The molecule has 1 saturated heterocycles. The molecular formula is C24H29N3O4. The normalized spacial score (nSPS) is 17.0. The van der Waals surface area contributed by atoms with Crippen LogP contribution in [0.3, 0.4) is 0 Å². The fourth-order valence-electron chi connectivity index (χ4n) is 3.63. The highest BCUT2D eigenvalue weighted by molar-refractivity contribution is 6.56. The number of benzene rings is 2.